The SMILES string of the molecule is CC(=O)N(CCNS(=O)(=O)c1c(C)noc1C)c1ccccc1F. The van der Waals surface area contributed by atoms with Crippen molar-refractivity contribution in [2.75, 3.05) is 18.0 Å². The summed E-state index contributed by atoms with van der Waals surface area (Å²) in [6.45, 7) is 4.20. The van der Waals surface area contributed by atoms with Gasteiger partial charge >= 0.3 is 0 Å². The average molecular weight is 355 g/mol. The van der Waals surface area contributed by atoms with E-state index in [1.54, 1.807) is 6.07 Å². The van der Waals surface area contributed by atoms with Crippen LogP contribution in [-0.4, -0.2) is 32.6 Å². The van der Waals surface area contributed by atoms with Gasteiger partial charge in [0.15, 0.2) is 5.76 Å². The molecule has 0 bridgehead atoms. The molecule has 0 spiro atoms. The zero-order valence-corrected chi connectivity index (χ0v) is 14.4. The van der Waals surface area contributed by atoms with Gasteiger partial charge in [0.05, 0.1) is 5.69 Å². The average Bonchev–Trinajstić information content (AvgIpc) is 2.84. The van der Waals surface area contributed by atoms with Gasteiger partial charge in [-0.05, 0) is 26.0 Å². The number of amides is 1. The Hall–Kier alpha value is -2.26. The maximum atomic E-state index is 13.8. The van der Waals surface area contributed by atoms with Crippen LogP contribution in [0.5, 0.6) is 0 Å². The lowest BCUT2D eigenvalue weighted by molar-refractivity contribution is -0.116. The third-order valence-electron chi connectivity index (χ3n) is 3.39. The summed E-state index contributed by atoms with van der Waals surface area (Å²) in [5.41, 5.74) is 0.346. The summed E-state index contributed by atoms with van der Waals surface area (Å²) in [5, 5.41) is 3.60. The predicted octanol–water partition coefficient (Wildman–Crippen LogP) is 1.76. The molecule has 0 saturated heterocycles. The van der Waals surface area contributed by atoms with Crippen LogP contribution in [0.2, 0.25) is 0 Å². The summed E-state index contributed by atoms with van der Waals surface area (Å²) in [4.78, 5) is 12.9. The summed E-state index contributed by atoms with van der Waals surface area (Å²) >= 11 is 0. The highest BCUT2D eigenvalue weighted by Crippen LogP contribution is 2.20. The van der Waals surface area contributed by atoms with Crippen molar-refractivity contribution in [2.45, 2.75) is 25.7 Å². The third kappa shape index (κ3) is 3.80. The third-order valence-corrected chi connectivity index (χ3v) is 5.09. The number of rotatable bonds is 6. The Balaban J connectivity index is 2.12. The van der Waals surface area contributed by atoms with E-state index in [0.29, 0.717) is 0 Å². The van der Waals surface area contributed by atoms with Gasteiger partial charge in [-0.3, -0.25) is 4.79 Å². The number of hydrogen-bond acceptors (Lipinski definition) is 5. The van der Waals surface area contributed by atoms with E-state index in [2.05, 4.69) is 9.88 Å². The molecule has 24 heavy (non-hydrogen) atoms. The van der Waals surface area contributed by atoms with Crippen LogP contribution in [0, 0.1) is 19.7 Å². The monoisotopic (exact) mass is 355 g/mol. The zero-order chi connectivity index (χ0) is 17.9. The van der Waals surface area contributed by atoms with Gasteiger partial charge in [0, 0.05) is 20.0 Å². The molecule has 0 unspecified atom stereocenters. The fourth-order valence-corrected chi connectivity index (χ4v) is 3.69. The van der Waals surface area contributed by atoms with E-state index >= 15 is 0 Å². The molecule has 0 aliphatic heterocycles. The molecular formula is C15H18FN3O4S. The molecule has 9 heteroatoms. The number of aromatic nitrogens is 1. The quantitative estimate of drug-likeness (QED) is 0.852. The fraction of sp³-hybridized carbons (Fsp3) is 0.333. The minimum Gasteiger partial charge on any atom is -0.360 e. The van der Waals surface area contributed by atoms with Crippen molar-refractivity contribution in [3.05, 3.63) is 41.5 Å². The highest BCUT2D eigenvalue weighted by atomic mass is 32.2. The second kappa shape index (κ2) is 7.10. The molecule has 1 N–H and O–H groups in total. The molecule has 7 nitrogen and oxygen atoms in total. The second-order valence-corrected chi connectivity index (χ2v) is 6.88. The molecular weight excluding hydrogens is 337 g/mol. The molecule has 1 aromatic heterocycles. The van der Waals surface area contributed by atoms with E-state index in [1.165, 1.54) is 43.9 Å². The highest BCUT2D eigenvalue weighted by Gasteiger charge is 2.24. The molecule has 2 rings (SSSR count). The van der Waals surface area contributed by atoms with Crippen LogP contribution in [0.1, 0.15) is 18.4 Å². The normalized spacial score (nSPS) is 11.5. The van der Waals surface area contributed by atoms with Crippen molar-refractivity contribution in [1.29, 1.82) is 0 Å². The Morgan fingerprint density at radius 1 is 1.33 bits per heavy atom. The van der Waals surface area contributed by atoms with E-state index in [-0.39, 0.29) is 35.1 Å². The van der Waals surface area contributed by atoms with Crippen LogP contribution in [0.3, 0.4) is 0 Å². The number of halogens is 1. The molecule has 1 heterocycles. The molecule has 0 saturated carbocycles. The maximum absolute atomic E-state index is 13.8. The van der Waals surface area contributed by atoms with Crippen LogP contribution in [0.4, 0.5) is 10.1 Å². The van der Waals surface area contributed by atoms with Gasteiger partial charge < -0.3 is 9.42 Å². The lowest BCUT2D eigenvalue weighted by atomic mass is 10.2. The summed E-state index contributed by atoms with van der Waals surface area (Å²) in [6, 6.07) is 5.80. The first-order valence-corrected chi connectivity index (χ1v) is 8.67. The van der Waals surface area contributed by atoms with Crippen LogP contribution in [0.15, 0.2) is 33.7 Å². The van der Waals surface area contributed by atoms with Gasteiger partial charge in [-0.25, -0.2) is 17.5 Å². The fourth-order valence-electron chi connectivity index (χ4n) is 2.34. The number of carbonyl (C=O) groups excluding carboxylic acids is 1. The lowest BCUT2D eigenvalue weighted by Crippen LogP contribution is -2.38. The number of nitrogens with one attached hydrogen (secondary N) is 1. The van der Waals surface area contributed by atoms with Crippen molar-refractivity contribution in [3.63, 3.8) is 0 Å². The smallest absolute Gasteiger partial charge is 0.246 e. The van der Waals surface area contributed by atoms with Crippen LogP contribution in [-0.2, 0) is 14.8 Å². The van der Waals surface area contributed by atoms with Gasteiger partial charge in [0.25, 0.3) is 0 Å². The number of benzene rings is 1. The van der Waals surface area contributed by atoms with E-state index in [0.717, 1.165) is 0 Å². The molecule has 0 atom stereocenters. The predicted molar refractivity (Wildman–Crippen MR) is 85.6 cm³/mol. The van der Waals surface area contributed by atoms with Gasteiger partial charge in [0.1, 0.15) is 16.4 Å². The number of aryl methyl sites for hydroxylation is 2. The summed E-state index contributed by atoms with van der Waals surface area (Å²) in [7, 11) is -3.83. The Bertz CT molecular complexity index is 829. The largest absolute Gasteiger partial charge is 0.360 e. The van der Waals surface area contributed by atoms with Crippen molar-refractivity contribution in [2.24, 2.45) is 0 Å². The number of nitrogens with zero attached hydrogens (tertiary/aromatic N) is 2. The molecule has 0 aliphatic carbocycles. The van der Waals surface area contributed by atoms with E-state index in [9.17, 15) is 17.6 Å². The first-order chi connectivity index (χ1) is 11.2. The summed E-state index contributed by atoms with van der Waals surface area (Å²) in [5.74, 6) is -0.768. The summed E-state index contributed by atoms with van der Waals surface area (Å²) in [6.07, 6.45) is 0. The van der Waals surface area contributed by atoms with Gasteiger partial charge in [-0.2, -0.15) is 0 Å². The van der Waals surface area contributed by atoms with Gasteiger partial charge in [-0.15, -0.1) is 0 Å². The molecule has 130 valence electrons. The number of hydrogen-bond donors (Lipinski definition) is 1. The molecule has 1 amide bonds. The first-order valence-electron chi connectivity index (χ1n) is 7.19. The van der Waals surface area contributed by atoms with Crippen molar-refractivity contribution in [1.82, 2.24) is 9.88 Å². The Labute approximate surface area is 139 Å². The molecule has 2 aromatic rings. The Kier molecular flexibility index (Phi) is 5.35. The lowest BCUT2D eigenvalue weighted by Gasteiger charge is -2.21. The molecule has 0 radical (unpaired) electrons. The number of para-hydroxylation sites is 1. The number of carbonyl (C=O) groups is 1. The van der Waals surface area contributed by atoms with Crippen LogP contribution >= 0.6 is 0 Å². The molecule has 1 aromatic carbocycles. The molecule has 0 fully saturated rings. The molecule has 0 aliphatic rings. The maximum Gasteiger partial charge on any atom is 0.246 e. The summed E-state index contributed by atoms with van der Waals surface area (Å²) < 4.78 is 45.7. The van der Waals surface area contributed by atoms with E-state index in [1.807, 2.05) is 0 Å². The van der Waals surface area contributed by atoms with Crippen molar-refractivity contribution in [3.8, 4) is 0 Å². The second-order valence-electron chi connectivity index (χ2n) is 5.17. The van der Waals surface area contributed by atoms with E-state index in [4.69, 9.17) is 4.52 Å². The van der Waals surface area contributed by atoms with E-state index < -0.39 is 21.7 Å². The van der Waals surface area contributed by atoms with Crippen molar-refractivity contribution >= 4 is 21.6 Å². The Morgan fingerprint density at radius 2 is 2.00 bits per heavy atom. The topological polar surface area (TPSA) is 92.5 Å². The van der Waals surface area contributed by atoms with Gasteiger partial charge in [-0.1, -0.05) is 17.3 Å². The zero-order valence-electron chi connectivity index (χ0n) is 13.5. The van der Waals surface area contributed by atoms with Crippen LogP contribution < -0.4 is 9.62 Å². The standard InChI is InChI=1S/C15H18FN3O4S/c1-10-15(11(2)23-18-10)24(21,22)17-8-9-19(12(3)20)14-7-5-4-6-13(14)16/h4-7,17H,8-9H2,1-3H3. The van der Waals surface area contributed by atoms with Gasteiger partial charge in [0.2, 0.25) is 15.9 Å². The first kappa shape index (κ1) is 18.1. The number of anilines is 1. The number of sulfonamides is 1. The highest BCUT2D eigenvalue weighted by molar-refractivity contribution is 7.89. The minimum absolute atomic E-state index is 0.0150. The van der Waals surface area contributed by atoms with Crippen molar-refractivity contribution < 1.29 is 22.1 Å². The minimum atomic E-state index is -3.83. The van der Waals surface area contributed by atoms with Crippen LogP contribution in [0.25, 0.3) is 0 Å². The Morgan fingerprint density at radius 3 is 2.54 bits per heavy atom.